The van der Waals surface area contributed by atoms with Gasteiger partial charge in [-0.2, -0.15) is 0 Å². The molecule has 0 aliphatic carbocycles. The zero-order valence-corrected chi connectivity index (χ0v) is 14.9. The van der Waals surface area contributed by atoms with Gasteiger partial charge in [0, 0.05) is 63.0 Å². The van der Waals surface area contributed by atoms with Crippen LogP contribution in [0.4, 0.5) is 0 Å². The Bertz CT molecular complexity index is 782. The van der Waals surface area contributed by atoms with Gasteiger partial charge in [0.1, 0.15) is 0 Å². The van der Waals surface area contributed by atoms with Gasteiger partial charge in [-0.05, 0) is 23.8 Å². The second kappa shape index (κ2) is 8.32. The van der Waals surface area contributed by atoms with Crippen LogP contribution in [0.5, 0.6) is 0 Å². The molecule has 1 saturated heterocycles. The van der Waals surface area contributed by atoms with Crippen molar-refractivity contribution in [1.82, 2.24) is 14.4 Å². The fourth-order valence-electron chi connectivity index (χ4n) is 3.07. The lowest BCUT2D eigenvalue weighted by Gasteiger charge is -2.35. The molecule has 3 rings (SSSR count). The SMILES string of the molecule is O=C(CCn1ccccc1=O)N1CCN(Cc2cccc(Cl)c2)CC1. The highest BCUT2D eigenvalue weighted by atomic mass is 35.5. The molecule has 1 fully saturated rings. The Hall–Kier alpha value is -2.11. The van der Waals surface area contributed by atoms with E-state index in [-0.39, 0.29) is 11.5 Å². The topological polar surface area (TPSA) is 45.6 Å². The van der Waals surface area contributed by atoms with Crippen molar-refractivity contribution in [2.24, 2.45) is 0 Å². The third-order valence-corrected chi connectivity index (χ3v) is 4.72. The van der Waals surface area contributed by atoms with Crippen molar-refractivity contribution in [3.63, 3.8) is 0 Å². The number of pyridine rings is 1. The number of carbonyl (C=O) groups is 1. The van der Waals surface area contributed by atoms with E-state index in [2.05, 4.69) is 11.0 Å². The zero-order valence-electron chi connectivity index (χ0n) is 14.1. The van der Waals surface area contributed by atoms with E-state index in [9.17, 15) is 9.59 Å². The minimum atomic E-state index is -0.0679. The molecule has 0 atom stereocenters. The van der Waals surface area contributed by atoms with Crippen LogP contribution in [0.15, 0.2) is 53.5 Å². The molecule has 1 aromatic heterocycles. The summed E-state index contributed by atoms with van der Waals surface area (Å²) < 4.78 is 1.58. The highest BCUT2D eigenvalue weighted by Gasteiger charge is 2.20. The van der Waals surface area contributed by atoms with Crippen LogP contribution in [-0.4, -0.2) is 46.5 Å². The van der Waals surface area contributed by atoms with Gasteiger partial charge in [-0.15, -0.1) is 0 Å². The van der Waals surface area contributed by atoms with E-state index in [4.69, 9.17) is 11.6 Å². The Balaban J connectivity index is 1.46. The highest BCUT2D eigenvalue weighted by molar-refractivity contribution is 6.30. The van der Waals surface area contributed by atoms with E-state index in [1.54, 1.807) is 22.9 Å². The fourth-order valence-corrected chi connectivity index (χ4v) is 3.28. The molecule has 0 spiro atoms. The van der Waals surface area contributed by atoms with Crippen LogP contribution in [-0.2, 0) is 17.9 Å². The van der Waals surface area contributed by atoms with E-state index >= 15 is 0 Å². The Kier molecular flexibility index (Phi) is 5.89. The summed E-state index contributed by atoms with van der Waals surface area (Å²) in [5.41, 5.74) is 1.12. The first-order valence-corrected chi connectivity index (χ1v) is 8.90. The summed E-state index contributed by atoms with van der Waals surface area (Å²) in [6.07, 6.45) is 2.08. The predicted molar refractivity (Wildman–Crippen MR) is 98.6 cm³/mol. The summed E-state index contributed by atoms with van der Waals surface area (Å²) in [5, 5.41) is 0.752. The van der Waals surface area contributed by atoms with E-state index in [1.165, 1.54) is 11.6 Å². The number of aryl methyl sites for hydroxylation is 1. The van der Waals surface area contributed by atoms with Crippen LogP contribution in [0.1, 0.15) is 12.0 Å². The standard InChI is InChI=1S/C19H22ClN3O2/c20-17-5-3-4-16(14-17)15-21-10-12-23(13-11-21)19(25)7-9-22-8-2-1-6-18(22)24/h1-6,8,14H,7,9-13,15H2. The van der Waals surface area contributed by atoms with Crippen molar-refractivity contribution in [3.8, 4) is 0 Å². The van der Waals surface area contributed by atoms with E-state index in [0.717, 1.165) is 37.7 Å². The van der Waals surface area contributed by atoms with Gasteiger partial charge in [0.2, 0.25) is 5.91 Å². The first kappa shape index (κ1) is 17.7. The molecule has 132 valence electrons. The number of amides is 1. The van der Waals surface area contributed by atoms with Gasteiger partial charge in [0.15, 0.2) is 0 Å². The normalized spacial score (nSPS) is 15.3. The minimum Gasteiger partial charge on any atom is -0.340 e. The number of halogens is 1. The molecule has 0 N–H and O–H groups in total. The third kappa shape index (κ3) is 4.94. The van der Waals surface area contributed by atoms with Crippen LogP contribution in [0, 0.1) is 0 Å². The van der Waals surface area contributed by atoms with Crippen molar-refractivity contribution in [2.45, 2.75) is 19.5 Å². The van der Waals surface area contributed by atoms with Crippen LogP contribution >= 0.6 is 11.6 Å². The summed E-state index contributed by atoms with van der Waals surface area (Å²) in [4.78, 5) is 28.3. The van der Waals surface area contributed by atoms with Gasteiger partial charge >= 0.3 is 0 Å². The average Bonchev–Trinajstić information content (AvgIpc) is 2.61. The van der Waals surface area contributed by atoms with E-state index in [0.29, 0.717) is 13.0 Å². The molecule has 0 bridgehead atoms. The van der Waals surface area contributed by atoms with E-state index in [1.807, 2.05) is 23.1 Å². The van der Waals surface area contributed by atoms with Gasteiger partial charge in [0.25, 0.3) is 5.56 Å². The molecule has 1 aliphatic heterocycles. The van der Waals surface area contributed by atoms with Gasteiger partial charge in [-0.1, -0.05) is 29.8 Å². The minimum absolute atomic E-state index is 0.0679. The van der Waals surface area contributed by atoms with Crippen molar-refractivity contribution in [1.29, 1.82) is 0 Å². The molecule has 1 amide bonds. The lowest BCUT2D eigenvalue weighted by molar-refractivity contribution is -0.133. The molecular weight excluding hydrogens is 338 g/mol. The molecule has 0 unspecified atom stereocenters. The zero-order chi connectivity index (χ0) is 17.6. The molecule has 5 nitrogen and oxygen atoms in total. The number of piperazine rings is 1. The molecular formula is C19H22ClN3O2. The molecule has 1 aromatic carbocycles. The summed E-state index contributed by atoms with van der Waals surface area (Å²) >= 11 is 6.03. The lowest BCUT2D eigenvalue weighted by atomic mass is 10.2. The molecule has 25 heavy (non-hydrogen) atoms. The third-order valence-electron chi connectivity index (χ3n) is 4.49. The van der Waals surface area contributed by atoms with Gasteiger partial charge in [-0.25, -0.2) is 0 Å². The number of hydrogen-bond donors (Lipinski definition) is 0. The maximum absolute atomic E-state index is 12.4. The maximum atomic E-state index is 12.4. The van der Waals surface area contributed by atoms with Crippen molar-refractivity contribution >= 4 is 17.5 Å². The average molecular weight is 360 g/mol. The molecule has 2 aromatic rings. The molecule has 1 aliphatic rings. The van der Waals surface area contributed by atoms with Crippen LogP contribution in [0.25, 0.3) is 0 Å². The fraction of sp³-hybridized carbons (Fsp3) is 0.368. The first-order valence-electron chi connectivity index (χ1n) is 8.52. The summed E-state index contributed by atoms with van der Waals surface area (Å²) in [6.45, 7) is 4.43. The molecule has 0 saturated carbocycles. The Morgan fingerprint density at radius 1 is 1.04 bits per heavy atom. The Morgan fingerprint density at radius 2 is 1.84 bits per heavy atom. The maximum Gasteiger partial charge on any atom is 0.250 e. The van der Waals surface area contributed by atoms with Gasteiger partial charge < -0.3 is 9.47 Å². The Morgan fingerprint density at radius 3 is 2.56 bits per heavy atom. The second-order valence-corrected chi connectivity index (χ2v) is 6.71. The first-order chi connectivity index (χ1) is 12.1. The number of nitrogens with zero attached hydrogens (tertiary/aromatic N) is 3. The summed E-state index contributed by atoms with van der Waals surface area (Å²) in [5.74, 6) is 0.109. The number of aromatic nitrogens is 1. The Labute approximate surface area is 152 Å². The molecule has 2 heterocycles. The quantitative estimate of drug-likeness (QED) is 0.822. The van der Waals surface area contributed by atoms with Crippen molar-refractivity contribution < 1.29 is 4.79 Å². The predicted octanol–water partition coefficient (Wildman–Crippen LogP) is 2.24. The number of benzene rings is 1. The molecule has 0 radical (unpaired) electrons. The largest absolute Gasteiger partial charge is 0.340 e. The number of carbonyl (C=O) groups excluding carboxylic acids is 1. The summed E-state index contributed by atoms with van der Waals surface area (Å²) in [7, 11) is 0. The lowest BCUT2D eigenvalue weighted by Crippen LogP contribution is -2.48. The highest BCUT2D eigenvalue weighted by Crippen LogP contribution is 2.14. The number of rotatable bonds is 5. The van der Waals surface area contributed by atoms with Gasteiger partial charge in [-0.3, -0.25) is 14.5 Å². The van der Waals surface area contributed by atoms with E-state index < -0.39 is 0 Å². The molecule has 6 heteroatoms. The van der Waals surface area contributed by atoms with Crippen LogP contribution in [0.3, 0.4) is 0 Å². The van der Waals surface area contributed by atoms with Crippen LogP contribution in [0.2, 0.25) is 5.02 Å². The summed E-state index contributed by atoms with van der Waals surface area (Å²) in [6, 6.07) is 12.9. The van der Waals surface area contributed by atoms with Crippen LogP contribution < -0.4 is 5.56 Å². The number of hydrogen-bond acceptors (Lipinski definition) is 3. The van der Waals surface area contributed by atoms with Gasteiger partial charge in [0.05, 0.1) is 0 Å². The smallest absolute Gasteiger partial charge is 0.250 e. The monoisotopic (exact) mass is 359 g/mol. The van der Waals surface area contributed by atoms with Crippen molar-refractivity contribution in [3.05, 3.63) is 69.6 Å². The van der Waals surface area contributed by atoms with Crippen molar-refractivity contribution in [2.75, 3.05) is 26.2 Å². The second-order valence-electron chi connectivity index (χ2n) is 6.27.